The molecule has 6 rings (SSSR count). The minimum Gasteiger partial charge on any atom is -0.378 e. The van der Waals surface area contributed by atoms with Crippen LogP contribution in [0.3, 0.4) is 0 Å². The van der Waals surface area contributed by atoms with Gasteiger partial charge in [0.25, 0.3) is 10.0 Å². The second kappa shape index (κ2) is 8.68. The first-order chi connectivity index (χ1) is 17.1. The maximum absolute atomic E-state index is 12.9. The summed E-state index contributed by atoms with van der Waals surface area (Å²) in [6.07, 6.45) is 6.77. The molecule has 1 fully saturated rings. The van der Waals surface area contributed by atoms with E-state index in [2.05, 4.69) is 50.3 Å². The van der Waals surface area contributed by atoms with Gasteiger partial charge in [0.1, 0.15) is 5.65 Å². The van der Waals surface area contributed by atoms with Crippen LogP contribution in [0.2, 0.25) is 0 Å². The number of anilines is 1. The molecule has 2 aromatic carbocycles. The summed E-state index contributed by atoms with van der Waals surface area (Å²) in [6, 6.07) is 18.8. The zero-order valence-electron chi connectivity index (χ0n) is 18.8. The summed E-state index contributed by atoms with van der Waals surface area (Å²) >= 11 is 0. The fraction of sp³-hybridized carbons (Fsp3) is 0.154. The zero-order valence-corrected chi connectivity index (χ0v) is 19.6. The fourth-order valence-electron chi connectivity index (χ4n) is 4.36. The second-order valence-corrected chi connectivity index (χ2v) is 10.2. The van der Waals surface area contributed by atoms with E-state index in [4.69, 9.17) is 4.74 Å². The van der Waals surface area contributed by atoms with Gasteiger partial charge in [-0.2, -0.15) is 17.6 Å². The first-order valence-corrected chi connectivity index (χ1v) is 12.8. The maximum Gasteiger partial charge on any atom is 0.282 e. The molecule has 0 atom stereocenters. The Kier molecular flexibility index (Phi) is 5.35. The number of benzene rings is 2. The molecule has 1 aliphatic heterocycles. The lowest BCUT2D eigenvalue weighted by Crippen LogP contribution is -2.36. The zero-order chi connectivity index (χ0) is 23.8. The number of fused-ring (bicyclic) bond motifs is 1. The average Bonchev–Trinajstić information content (AvgIpc) is 3.57. The van der Waals surface area contributed by atoms with Crippen molar-refractivity contribution in [3.05, 3.63) is 85.5 Å². The third kappa shape index (κ3) is 3.98. The van der Waals surface area contributed by atoms with Gasteiger partial charge in [0.2, 0.25) is 0 Å². The molecule has 8 nitrogen and oxygen atoms in total. The molecule has 0 amide bonds. The summed E-state index contributed by atoms with van der Waals surface area (Å²) in [5, 5.41) is 5.04. The number of hydrogen-bond donors (Lipinski definition) is 1. The molecule has 9 heteroatoms. The minimum absolute atomic E-state index is 0.193. The number of hydrogen-bond acceptors (Lipinski definition) is 6. The van der Waals surface area contributed by atoms with E-state index in [0.29, 0.717) is 5.56 Å². The summed E-state index contributed by atoms with van der Waals surface area (Å²) < 4.78 is 32.3. The molecule has 1 saturated heterocycles. The molecule has 1 aliphatic rings. The van der Waals surface area contributed by atoms with E-state index in [1.54, 1.807) is 36.5 Å². The van der Waals surface area contributed by atoms with Crippen LogP contribution < -0.4 is 4.90 Å². The van der Waals surface area contributed by atoms with Crippen LogP contribution in [0.25, 0.3) is 33.3 Å². The lowest BCUT2D eigenvalue weighted by molar-refractivity contribution is 0.122. The Morgan fingerprint density at radius 1 is 0.886 bits per heavy atom. The molecular weight excluding hydrogens is 462 g/mol. The van der Waals surface area contributed by atoms with E-state index < -0.39 is 10.0 Å². The number of pyridine rings is 1. The van der Waals surface area contributed by atoms with Gasteiger partial charge in [0, 0.05) is 53.2 Å². The van der Waals surface area contributed by atoms with Crippen molar-refractivity contribution in [3.63, 3.8) is 0 Å². The summed E-state index contributed by atoms with van der Waals surface area (Å²) in [5.41, 5.74) is 5.49. The van der Waals surface area contributed by atoms with Crippen molar-refractivity contribution in [2.24, 2.45) is 0 Å². The summed E-state index contributed by atoms with van der Waals surface area (Å²) in [6.45, 7) is 3.30. The van der Waals surface area contributed by atoms with Crippen LogP contribution in [-0.4, -0.2) is 53.9 Å². The largest absolute Gasteiger partial charge is 0.378 e. The van der Waals surface area contributed by atoms with Crippen LogP contribution in [0.1, 0.15) is 0 Å². The SMILES string of the molecule is O=S(=O)(c1ccccc1)n1cc(-c2c[nH]c3ncc(-c4ccc(N5CCOCC5)cc4)cc23)cn1. The number of nitrogens with one attached hydrogen (secondary N) is 1. The quantitative estimate of drug-likeness (QED) is 0.402. The Labute approximate surface area is 202 Å². The first-order valence-electron chi connectivity index (χ1n) is 11.4. The third-order valence-electron chi connectivity index (χ3n) is 6.27. The number of aromatic amines is 1. The molecule has 35 heavy (non-hydrogen) atoms. The molecular formula is C26H23N5O3S. The number of nitrogens with zero attached hydrogens (tertiary/aromatic N) is 4. The van der Waals surface area contributed by atoms with Crippen LogP contribution in [0, 0.1) is 0 Å². The molecule has 3 aromatic heterocycles. The lowest BCUT2D eigenvalue weighted by Gasteiger charge is -2.28. The number of H-pyrrole nitrogens is 1. The highest BCUT2D eigenvalue weighted by atomic mass is 32.2. The van der Waals surface area contributed by atoms with Gasteiger partial charge < -0.3 is 14.6 Å². The highest BCUT2D eigenvalue weighted by Gasteiger charge is 2.19. The minimum atomic E-state index is -3.76. The van der Waals surface area contributed by atoms with Gasteiger partial charge in [-0.25, -0.2) is 4.98 Å². The van der Waals surface area contributed by atoms with Gasteiger partial charge in [-0.15, -0.1) is 0 Å². The van der Waals surface area contributed by atoms with Gasteiger partial charge in [-0.05, 0) is 35.9 Å². The smallest absolute Gasteiger partial charge is 0.282 e. The van der Waals surface area contributed by atoms with Gasteiger partial charge in [-0.3, -0.25) is 0 Å². The van der Waals surface area contributed by atoms with Crippen molar-refractivity contribution in [2.75, 3.05) is 31.2 Å². The topological polar surface area (TPSA) is 93.1 Å². The Morgan fingerprint density at radius 2 is 1.66 bits per heavy atom. The van der Waals surface area contributed by atoms with Crippen LogP contribution in [0.15, 0.2) is 90.3 Å². The Morgan fingerprint density at radius 3 is 2.43 bits per heavy atom. The Bertz CT molecular complexity index is 1590. The van der Waals surface area contributed by atoms with Gasteiger partial charge in [0.15, 0.2) is 0 Å². The first kappa shape index (κ1) is 21.6. The molecule has 0 saturated carbocycles. The van der Waals surface area contributed by atoms with Crippen LogP contribution >= 0.6 is 0 Å². The van der Waals surface area contributed by atoms with Gasteiger partial charge >= 0.3 is 0 Å². The highest BCUT2D eigenvalue weighted by Crippen LogP contribution is 2.32. The van der Waals surface area contributed by atoms with Crippen molar-refractivity contribution >= 4 is 26.7 Å². The van der Waals surface area contributed by atoms with E-state index in [-0.39, 0.29) is 4.90 Å². The predicted octanol–water partition coefficient (Wildman–Crippen LogP) is 4.17. The number of morpholine rings is 1. The molecule has 0 bridgehead atoms. The Hall–Kier alpha value is -3.95. The molecule has 5 aromatic rings. The normalized spacial score (nSPS) is 14.5. The van der Waals surface area contributed by atoms with E-state index in [1.165, 1.54) is 11.9 Å². The number of aromatic nitrogens is 4. The monoisotopic (exact) mass is 485 g/mol. The van der Waals surface area contributed by atoms with Crippen molar-refractivity contribution in [1.29, 1.82) is 0 Å². The van der Waals surface area contributed by atoms with Crippen molar-refractivity contribution in [3.8, 4) is 22.3 Å². The van der Waals surface area contributed by atoms with Crippen LogP contribution in [0.5, 0.6) is 0 Å². The molecule has 0 spiro atoms. The molecule has 1 N–H and O–H groups in total. The predicted molar refractivity (Wildman–Crippen MR) is 135 cm³/mol. The molecule has 0 radical (unpaired) electrons. The number of rotatable bonds is 5. The van der Waals surface area contributed by atoms with E-state index >= 15 is 0 Å². The lowest BCUT2D eigenvalue weighted by atomic mass is 10.0. The number of ether oxygens (including phenoxy) is 1. The van der Waals surface area contributed by atoms with Gasteiger partial charge in [0.05, 0.1) is 30.5 Å². The summed E-state index contributed by atoms with van der Waals surface area (Å²) in [4.78, 5) is 10.3. The van der Waals surface area contributed by atoms with Crippen LogP contribution in [-0.2, 0) is 14.8 Å². The summed E-state index contributed by atoms with van der Waals surface area (Å²) in [5.74, 6) is 0. The van der Waals surface area contributed by atoms with E-state index in [1.807, 2.05) is 12.4 Å². The van der Waals surface area contributed by atoms with Crippen LogP contribution in [0.4, 0.5) is 5.69 Å². The molecule has 176 valence electrons. The van der Waals surface area contributed by atoms with Crippen molar-refractivity contribution in [1.82, 2.24) is 19.2 Å². The molecule has 0 aliphatic carbocycles. The van der Waals surface area contributed by atoms with Gasteiger partial charge in [-0.1, -0.05) is 30.3 Å². The molecule has 4 heterocycles. The maximum atomic E-state index is 12.9. The van der Waals surface area contributed by atoms with E-state index in [9.17, 15) is 8.42 Å². The van der Waals surface area contributed by atoms with Crippen molar-refractivity contribution < 1.29 is 13.2 Å². The summed E-state index contributed by atoms with van der Waals surface area (Å²) in [7, 11) is -3.76. The Balaban J connectivity index is 1.32. The standard InChI is InChI=1S/C26H23N5O3S/c32-35(33,23-4-2-1-3-5-23)31-18-21(16-29-31)25-17-28-26-24(25)14-20(15-27-26)19-6-8-22(9-7-19)30-10-12-34-13-11-30/h1-9,14-18H,10-13H2,(H,27,28). The second-order valence-electron chi connectivity index (χ2n) is 8.39. The average molecular weight is 486 g/mol. The third-order valence-corrected chi connectivity index (χ3v) is 7.83. The fourth-order valence-corrected chi connectivity index (χ4v) is 5.50. The van der Waals surface area contributed by atoms with Crippen molar-refractivity contribution in [2.45, 2.75) is 4.90 Å². The van der Waals surface area contributed by atoms with E-state index in [0.717, 1.165) is 58.1 Å². The highest BCUT2D eigenvalue weighted by molar-refractivity contribution is 7.89. The molecule has 0 unspecified atom stereocenters.